The highest BCUT2D eigenvalue weighted by molar-refractivity contribution is 5.94. The van der Waals surface area contributed by atoms with Crippen LogP contribution in [0, 0.1) is 5.92 Å². The van der Waals surface area contributed by atoms with E-state index in [-0.39, 0.29) is 11.9 Å². The van der Waals surface area contributed by atoms with E-state index in [1.165, 1.54) is 0 Å². The molecule has 0 fully saturated rings. The number of carbonyl (C=O) groups excluding carboxylic acids is 1. The third-order valence-corrected chi connectivity index (χ3v) is 3.05. The smallest absolute Gasteiger partial charge is 0.268 e. The van der Waals surface area contributed by atoms with Gasteiger partial charge in [0, 0.05) is 18.8 Å². The molecule has 1 aromatic heterocycles. The largest absolute Gasteiger partial charge is 0.397 e. The van der Waals surface area contributed by atoms with Crippen LogP contribution in [0.3, 0.4) is 0 Å². The summed E-state index contributed by atoms with van der Waals surface area (Å²) in [6.45, 7) is 9.05. The third-order valence-electron chi connectivity index (χ3n) is 3.05. The summed E-state index contributed by atoms with van der Waals surface area (Å²) in [6.07, 6.45) is 2.73. The van der Waals surface area contributed by atoms with Crippen molar-refractivity contribution in [1.82, 2.24) is 9.88 Å². The Kier molecular flexibility index (Phi) is 4.61. The maximum Gasteiger partial charge on any atom is 0.268 e. The molecule has 0 aliphatic rings. The fraction of sp³-hybridized carbons (Fsp3) is 0.615. The van der Waals surface area contributed by atoms with E-state index in [1.54, 1.807) is 12.3 Å². The van der Waals surface area contributed by atoms with Crippen molar-refractivity contribution in [3.63, 3.8) is 0 Å². The molecule has 1 amide bonds. The summed E-state index contributed by atoms with van der Waals surface area (Å²) in [5.74, 6) is 0.399. The zero-order valence-corrected chi connectivity index (χ0v) is 11.2. The summed E-state index contributed by atoms with van der Waals surface area (Å²) >= 11 is 0. The summed E-state index contributed by atoms with van der Waals surface area (Å²) in [6, 6.07) is 1.94. The van der Waals surface area contributed by atoms with Crippen LogP contribution in [0.2, 0.25) is 0 Å². The van der Waals surface area contributed by atoms with Gasteiger partial charge >= 0.3 is 0 Å². The Morgan fingerprint density at radius 2 is 2.12 bits per heavy atom. The molecule has 0 radical (unpaired) electrons. The van der Waals surface area contributed by atoms with Crippen molar-refractivity contribution in [2.45, 2.75) is 46.7 Å². The van der Waals surface area contributed by atoms with E-state index >= 15 is 0 Å². The van der Waals surface area contributed by atoms with Gasteiger partial charge in [-0.05, 0) is 25.3 Å². The fourth-order valence-electron chi connectivity index (χ4n) is 1.97. The number of aryl methyl sites for hydroxylation is 1. The van der Waals surface area contributed by atoms with Gasteiger partial charge in [0.05, 0.1) is 5.69 Å². The van der Waals surface area contributed by atoms with Gasteiger partial charge < -0.3 is 15.6 Å². The summed E-state index contributed by atoms with van der Waals surface area (Å²) in [5.41, 5.74) is 6.99. The molecule has 0 aromatic carbocycles. The van der Waals surface area contributed by atoms with Gasteiger partial charge in [-0.1, -0.05) is 20.8 Å². The van der Waals surface area contributed by atoms with Crippen molar-refractivity contribution < 1.29 is 4.79 Å². The van der Waals surface area contributed by atoms with Gasteiger partial charge in [-0.3, -0.25) is 4.79 Å². The molecule has 0 saturated heterocycles. The fourth-order valence-corrected chi connectivity index (χ4v) is 1.97. The van der Waals surface area contributed by atoms with Gasteiger partial charge in [0.2, 0.25) is 0 Å². The molecule has 96 valence electrons. The average molecular weight is 237 g/mol. The Balaban J connectivity index is 2.81. The number of hydrogen-bond donors (Lipinski definition) is 2. The maximum absolute atomic E-state index is 12.1. The Morgan fingerprint density at radius 3 is 2.59 bits per heavy atom. The minimum Gasteiger partial charge on any atom is -0.397 e. The molecule has 0 aliphatic carbocycles. The van der Waals surface area contributed by atoms with Crippen LogP contribution in [-0.2, 0) is 6.54 Å². The lowest BCUT2D eigenvalue weighted by Gasteiger charge is -2.20. The zero-order chi connectivity index (χ0) is 13.0. The van der Waals surface area contributed by atoms with Crippen molar-refractivity contribution in [1.29, 1.82) is 0 Å². The molecule has 1 atom stereocenters. The molecule has 3 N–H and O–H groups in total. The zero-order valence-electron chi connectivity index (χ0n) is 11.2. The first-order valence-electron chi connectivity index (χ1n) is 6.26. The molecular weight excluding hydrogens is 214 g/mol. The second-order valence-corrected chi connectivity index (χ2v) is 4.68. The van der Waals surface area contributed by atoms with Crippen LogP contribution in [0.25, 0.3) is 0 Å². The van der Waals surface area contributed by atoms with Crippen LogP contribution in [0.1, 0.15) is 44.6 Å². The first-order valence-corrected chi connectivity index (χ1v) is 6.26. The standard InChI is InChI=1S/C13H23N3O/c1-5-11(9(3)4)15-13(17)12-7-10(14)8-16(12)6-2/h7-9,11H,5-6,14H2,1-4H3,(H,15,17). The lowest BCUT2D eigenvalue weighted by Crippen LogP contribution is -2.38. The van der Waals surface area contributed by atoms with Crippen molar-refractivity contribution in [3.05, 3.63) is 18.0 Å². The number of nitrogens with zero attached hydrogens (tertiary/aromatic N) is 1. The second-order valence-electron chi connectivity index (χ2n) is 4.68. The van der Waals surface area contributed by atoms with E-state index in [1.807, 2.05) is 11.5 Å². The van der Waals surface area contributed by atoms with E-state index in [9.17, 15) is 4.79 Å². The molecule has 0 saturated carbocycles. The van der Waals surface area contributed by atoms with Gasteiger partial charge in [-0.25, -0.2) is 0 Å². The molecule has 0 bridgehead atoms. The molecule has 1 heterocycles. The monoisotopic (exact) mass is 237 g/mol. The molecule has 1 rings (SSSR count). The molecule has 4 heteroatoms. The number of anilines is 1. The predicted molar refractivity (Wildman–Crippen MR) is 70.9 cm³/mol. The highest BCUT2D eigenvalue weighted by Crippen LogP contribution is 2.12. The van der Waals surface area contributed by atoms with Crippen molar-refractivity contribution in [2.24, 2.45) is 5.92 Å². The number of nitrogen functional groups attached to an aromatic ring is 1. The summed E-state index contributed by atoms with van der Waals surface area (Å²) in [7, 11) is 0. The number of carbonyl (C=O) groups is 1. The number of nitrogens with one attached hydrogen (secondary N) is 1. The van der Waals surface area contributed by atoms with Crippen LogP contribution in [-0.4, -0.2) is 16.5 Å². The average Bonchev–Trinajstić information content (AvgIpc) is 2.66. The van der Waals surface area contributed by atoms with Crippen molar-refractivity contribution in [2.75, 3.05) is 5.73 Å². The second kappa shape index (κ2) is 5.75. The van der Waals surface area contributed by atoms with E-state index < -0.39 is 0 Å². The van der Waals surface area contributed by atoms with E-state index in [0.717, 1.165) is 13.0 Å². The highest BCUT2D eigenvalue weighted by Gasteiger charge is 2.17. The normalized spacial score (nSPS) is 12.8. The van der Waals surface area contributed by atoms with Gasteiger partial charge in [0.1, 0.15) is 5.69 Å². The van der Waals surface area contributed by atoms with Gasteiger partial charge in [-0.2, -0.15) is 0 Å². The minimum absolute atomic E-state index is 0.0379. The van der Waals surface area contributed by atoms with Crippen molar-refractivity contribution in [3.8, 4) is 0 Å². The molecule has 0 spiro atoms. The maximum atomic E-state index is 12.1. The number of aromatic nitrogens is 1. The van der Waals surface area contributed by atoms with Crippen LogP contribution in [0.4, 0.5) is 5.69 Å². The highest BCUT2D eigenvalue weighted by atomic mass is 16.2. The van der Waals surface area contributed by atoms with Crippen LogP contribution in [0.15, 0.2) is 12.3 Å². The van der Waals surface area contributed by atoms with Crippen LogP contribution < -0.4 is 11.1 Å². The van der Waals surface area contributed by atoms with E-state index in [4.69, 9.17) is 5.73 Å². The van der Waals surface area contributed by atoms with Gasteiger partial charge in [-0.15, -0.1) is 0 Å². The SMILES string of the molecule is CCC(NC(=O)c1cc(N)cn1CC)C(C)C. The van der Waals surface area contributed by atoms with E-state index in [2.05, 4.69) is 26.1 Å². The van der Waals surface area contributed by atoms with Crippen LogP contribution >= 0.6 is 0 Å². The third kappa shape index (κ3) is 3.25. The molecule has 4 nitrogen and oxygen atoms in total. The Hall–Kier alpha value is -1.45. The number of hydrogen-bond acceptors (Lipinski definition) is 2. The summed E-state index contributed by atoms with van der Waals surface area (Å²) in [4.78, 5) is 12.1. The predicted octanol–water partition coefficient (Wildman–Crippen LogP) is 2.25. The molecule has 1 aromatic rings. The Bertz CT molecular complexity index is 382. The number of rotatable bonds is 5. The minimum atomic E-state index is -0.0379. The quantitative estimate of drug-likeness (QED) is 0.825. The topological polar surface area (TPSA) is 60.1 Å². The first kappa shape index (κ1) is 13.6. The Morgan fingerprint density at radius 1 is 1.47 bits per heavy atom. The molecule has 17 heavy (non-hydrogen) atoms. The van der Waals surface area contributed by atoms with Crippen LogP contribution in [0.5, 0.6) is 0 Å². The number of amides is 1. The Labute approximate surface area is 103 Å². The van der Waals surface area contributed by atoms with Gasteiger partial charge in [0.15, 0.2) is 0 Å². The van der Waals surface area contributed by atoms with Crippen molar-refractivity contribution >= 4 is 11.6 Å². The summed E-state index contributed by atoms with van der Waals surface area (Å²) < 4.78 is 1.87. The molecule has 1 unspecified atom stereocenters. The molecule has 0 aliphatic heterocycles. The first-order chi connectivity index (χ1) is 7.99. The van der Waals surface area contributed by atoms with E-state index in [0.29, 0.717) is 17.3 Å². The summed E-state index contributed by atoms with van der Waals surface area (Å²) in [5, 5.41) is 3.06. The molecular formula is C13H23N3O. The number of nitrogens with two attached hydrogens (primary N) is 1. The lowest BCUT2D eigenvalue weighted by atomic mass is 10.0. The van der Waals surface area contributed by atoms with Gasteiger partial charge in [0.25, 0.3) is 5.91 Å². The lowest BCUT2D eigenvalue weighted by molar-refractivity contribution is 0.0915.